The first kappa shape index (κ1) is 18.0. The van der Waals surface area contributed by atoms with E-state index in [1.54, 1.807) is 6.08 Å². The topological polar surface area (TPSA) is 32.8 Å². The van der Waals surface area contributed by atoms with Crippen LogP contribution in [0.25, 0.3) is 6.08 Å². The molecule has 0 N–H and O–H groups in total. The molecule has 1 aromatic carbocycles. The van der Waals surface area contributed by atoms with Gasteiger partial charge in [0.25, 0.3) is 0 Å². The van der Waals surface area contributed by atoms with E-state index in [1.165, 1.54) is 32.4 Å². The van der Waals surface area contributed by atoms with Crippen LogP contribution in [0.4, 0.5) is 0 Å². The van der Waals surface area contributed by atoms with Crippen molar-refractivity contribution in [2.75, 3.05) is 32.8 Å². The molecule has 0 unspecified atom stereocenters. The van der Waals surface area contributed by atoms with Crippen molar-refractivity contribution < 1.29 is 9.53 Å². The predicted molar refractivity (Wildman–Crippen MR) is 102 cm³/mol. The molecule has 1 amide bonds. The van der Waals surface area contributed by atoms with Crippen molar-refractivity contribution in [3.63, 3.8) is 0 Å². The maximum absolute atomic E-state index is 12.4. The van der Waals surface area contributed by atoms with E-state index in [1.807, 2.05) is 42.2 Å². The highest BCUT2D eigenvalue weighted by Crippen LogP contribution is 2.21. The molecule has 2 saturated heterocycles. The minimum Gasteiger partial charge on any atom is -0.494 e. The normalized spacial score (nSPS) is 20.1. The minimum absolute atomic E-state index is 0.131. The second-order valence-electron chi connectivity index (χ2n) is 6.99. The fourth-order valence-corrected chi connectivity index (χ4v) is 3.85. The molecule has 2 aliphatic heterocycles. The van der Waals surface area contributed by atoms with Crippen LogP contribution >= 0.6 is 0 Å². The third-order valence-corrected chi connectivity index (χ3v) is 5.29. The van der Waals surface area contributed by atoms with Crippen LogP contribution in [0, 0.1) is 0 Å². The molecule has 2 heterocycles. The Balaban J connectivity index is 1.47. The first-order valence-corrected chi connectivity index (χ1v) is 9.70. The monoisotopic (exact) mass is 342 g/mol. The zero-order valence-electron chi connectivity index (χ0n) is 15.3. The van der Waals surface area contributed by atoms with E-state index in [2.05, 4.69) is 4.90 Å². The van der Waals surface area contributed by atoms with Gasteiger partial charge in [-0.25, -0.2) is 0 Å². The van der Waals surface area contributed by atoms with Crippen molar-refractivity contribution in [1.29, 1.82) is 0 Å². The number of carbonyl (C=O) groups excluding carboxylic acids is 1. The van der Waals surface area contributed by atoms with Gasteiger partial charge in [-0.15, -0.1) is 0 Å². The Labute approximate surface area is 151 Å². The summed E-state index contributed by atoms with van der Waals surface area (Å²) in [5.41, 5.74) is 1.03. The van der Waals surface area contributed by atoms with Gasteiger partial charge in [-0.05, 0) is 69.5 Å². The van der Waals surface area contributed by atoms with Gasteiger partial charge in [0, 0.05) is 25.2 Å². The summed E-state index contributed by atoms with van der Waals surface area (Å²) in [6.45, 7) is 6.90. The summed E-state index contributed by atoms with van der Waals surface area (Å²) < 4.78 is 5.44. The third kappa shape index (κ3) is 5.08. The smallest absolute Gasteiger partial charge is 0.246 e. The van der Waals surface area contributed by atoms with Crippen molar-refractivity contribution in [3.8, 4) is 5.75 Å². The van der Waals surface area contributed by atoms with Gasteiger partial charge in [0.1, 0.15) is 5.75 Å². The number of carbonyl (C=O) groups is 1. The second kappa shape index (κ2) is 9.04. The largest absolute Gasteiger partial charge is 0.494 e. The Morgan fingerprint density at radius 2 is 1.76 bits per heavy atom. The van der Waals surface area contributed by atoms with E-state index < -0.39 is 0 Å². The molecule has 0 bridgehead atoms. The molecule has 4 nitrogen and oxygen atoms in total. The number of hydrogen-bond acceptors (Lipinski definition) is 3. The Bertz CT molecular complexity index is 568. The summed E-state index contributed by atoms with van der Waals surface area (Å²) in [6, 6.07) is 8.53. The summed E-state index contributed by atoms with van der Waals surface area (Å²) in [4.78, 5) is 17.1. The SMILES string of the molecule is CCOc1ccc(/C=C\C(=O)N2CCC(N3CCCCC3)CC2)cc1. The zero-order chi connectivity index (χ0) is 17.5. The average molecular weight is 342 g/mol. The van der Waals surface area contributed by atoms with Crippen molar-refractivity contribution in [3.05, 3.63) is 35.9 Å². The molecule has 0 radical (unpaired) electrons. The molecule has 4 heteroatoms. The zero-order valence-corrected chi connectivity index (χ0v) is 15.3. The molecule has 1 aromatic rings. The predicted octanol–water partition coefficient (Wildman–Crippen LogP) is 3.58. The van der Waals surface area contributed by atoms with Gasteiger partial charge in [-0.2, -0.15) is 0 Å². The Kier molecular flexibility index (Phi) is 6.51. The van der Waals surface area contributed by atoms with E-state index in [9.17, 15) is 4.79 Å². The van der Waals surface area contributed by atoms with Gasteiger partial charge >= 0.3 is 0 Å². The number of benzene rings is 1. The first-order chi connectivity index (χ1) is 12.3. The summed E-state index contributed by atoms with van der Waals surface area (Å²) in [7, 11) is 0. The van der Waals surface area contributed by atoms with Crippen LogP contribution in [-0.2, 0) is 4.79 Å². The van der Waals surface area contributed by atoms with Gasteiger partial charge in [-0.1, -0.05) is 18.6 Å². The van der Waals surface area contributed by atoms with Crippen LogP contribution in [0.1, 0.15) is 44.6 Å². The molecule has 2 aliphatic rings. The van der Waals surface area contributed by atoms with E-state index in [0.717, 1.165) is 37.2 Å². The van der Waals surface area contributed by atoms with Crippen LogP contribution < -0.4 is 4.74 Å². The van der Waals surface area contributed by atoms with Crippen molar-refractivity contribution >= 4 is 12.0 Å². The molecule has 0 spiro atoms. The molecule has 25 heavy (non-hydrogen) atoms. The van der Waals surface area contributed by atoms with E-state index >= 15 is 0 Å². The summed E-state index contributed by atoms with van der Waals surface area (Å²) >= 11 is 0. The molecule has 0 saturated carbocycles. The number of amides is 1. The van der Waals surface area contributed by atoms with Gasteiger partial charge in [0.15, 0.2) is 0 Å². The first-order valence-electron chi connectivity index (χ1n) is 9.70. The number of piperidine rings is 2. The van der Waals surface area contributed by atoms with Crippen molar-refractivity contribution in [2.24, 2.45) is 0 Å². The molecule has 0 aliphatic carbocycles. The van der Waals surface area contributed by atoms with Crippen LogP contribution in [0.2, 0.25) is 0 Å². The molecule has 0 aromatic heterocycles. The minimum atomic E-state index is 0.131. The quantitative estimate of drug-likeness (QED) is 0.767. The Hall–Kier alpha value is -1.81. The lowest BCUT2D eigenvalue weighted by atomic mass is 10.00. The van der Waals surface area contributed by atoms with Gasteiger partial charge in [-0.3, -0.25) is 4.79 Å². The number of nitrogens with zero attached hydrogens (tertiary/aromatic N) is 2. The number of ether oxygens (including phenoxy) is 1. The van der Waals surface area contributed by atoms with E-state index in [-0.39, 0.29) is 5.91 Å². The average Bonchev–Trinajstić information content (AvgIpc) is 2.68. The Morgan fingerprint density at radius 3 is 2.40 bits per heavy atom. The molecule has 0 atom stereocenters. The maximum atomic E-state index is 12.4. The lowest BCUT2D eigenvalue weighted by Crippen LogP contribution is -2.47. The second-order valence-corrected chi connectivity index (χ2v) is 6.99. The fourth-order valence-electron chi connectivity index (χ4n) is 3.85. The van der Waals surface area contributed by atoms with Gasteiger partial charge in [0.05, 0.1) is 6.61 Å². The van der Waals surface area contributed by atoms with E-state index in [0.29, 0.717) is 12.6 Å². The van der Waals surface area contributed by atoms with Crippen LogP contribution in [0.3, 0.4) is 0 Å². The lowest BCUT2D eigenvalue weighted by molar-refractivity contribution is -0.127. The highest BCUT2D eigenvalue weighted by atomic mass is 16.5. The van der Waals surface area contributed by atoms with Gasteiger partial charge < -0.3 is 14.5 Å². The third-order valence-electron chi connectivity index (χ3n) is 5.29. The van der Waals surface area contributed by atoms with Crippen LogP contribution in [0.15, 0.2) is 30.3 Å². The summed E-state index contributed by atoms with van der Waals surface area (Å²) in [6.07, 6.45) is 9.88. The van der Waals surface area contributed by atoms with Crippen molar-refractivity contribution in [1.82, 2.24) is 9.80 Å². The number of hydrogen-bond donors (Lipinski definition) is 0. The highest BCUT2D eigenvalue weighted by Gasteiger charge is 2.26. The van der Waals surface area contributed by atoms with Crippen LogP contribution in [-0.4, -0.2) is 54.5 Å². The van der Waals surface area contributed by atoms with Gasteiger partial charge in [0.2, 0.25) is 5.91 Å². The molecular weight excluding hydrogens is 312 g/mol. The standard InChI is InChI=1S/C21H30N2O2/c1-2-25-20-9-6-18(7-10-20)8-11-21(24)23-16-12-19(13-17-23)22-14-4-3-5-15-22/h6-11,19H,2-5,12-17H2,1H3/b11-8-. The van der Waals surface area contributed by atoms with E-state index in [4.69, 9.17) is 4.74 Å². The molecule has 2 fully saturated rings. The number of likely N-dealkylation sites (tertiary alicyclic amines) is 2. The molecule has 136 valence electrons. The fraction of sp³-hybridized carbons (Fsp3) is 0.571. The highest BCUT2D eigenvalue weighted by molar-refractivity contribution is 5.91. The maximum Gasteiger partial charge on any atom is 0.246 e. The lowest BCUT2D eigenvalue weighted by Gasteiger charge is -2.40. The van der Waals surface area contributed by atoms with Crippen LogP contribution in [0.5, 0.6) is 5.75 Å². The summed E-state index contributed by atoms with van der Waals surface area (Å²) in [5.74, 6) is 0.997. The Morgan fingerprint density at radius 1 is 1.08 bits per heavy atom. The summed E-state index contributed by atoms with van der Waals surface area (Å²) in [5, 5.41) is 0. The molecule has 3 rings (SSSR count). The molecular formula is C21H30N2O2. The van der Waals surface area contributed by atoms with Crippen molar-refractivity contribution in [2.45, 2.75) is 45.1 Å². The number of rotatable bonds is 5.